The molecule has 2 aliphatic heterocycles. The summed E-state index contributed by atoms with van der Waals surface area (Å²) in [5, 5.41) is 7.73. The van der Waals surface area contributed by atoms with E-state index in [1.807, 2.05) is 55.0 Å². The van der Waals surface area contributed by atoms with E-state index in [0.29, 0.717) is 17.2 Å². The Hall–Kier alpha value is -4.44. The number of aromatic amines is 1. The first kappa shape index (κ1) is 23.7. The third-order valence-electron chi connectivity index (χ3n) is 7.78. The van der Waals surface area contributed by atoms with Crippen LogP contribution in [0.2, 0.25) is 0 Å². The van der Waals surface area contributed by atoms with Crippen molar-refractivity contribution in [3.8, 4) is 11.1 Å². The molecule has 1 amide bonds. The molecule has 7 rings (SSSR count). The lowest BCUT2D eigenvalue weighted by Crippen LogP contribution is -2.46. The summed E-state index contributed by atoms with van der Waals surface area (Å²) in [5.41, 5.74) is 13.5. The third kappa shape index (κ3) is 4.57. The predicted molar refractivity (Wildman–Crippen MR) is 150 cm³/mol. The zero-order valence-corrected chi connectivity index (χ0v) is 21.1. The Kier molecular flexibility index (Phi) is 6.08. The molecular formula is C30H28N8O. The lowest BCUT2D eigenvalue weighted by Gasteiger charge is -2.34. The number of pyridine rings is 3. The largest absolute Gasteiger partial charge is 0.342 e. The van der Waals surface area contributed by atoms with Gasteiger partial charge in [-0.25, -0.2) is 10.4 Å². The first-order valence-corrected chi connectivity index (χ1v) is 13.2. The van der Waals surface area contributed by atoms with Crippen molar-refractivity contribution >= 4 is 22.6 Å². The summed E-state index contributed by atoms with van der Waals surface area (Å²) in [5.74, 6) is 0.197. The van der Waals surface area contributed by atoms with Gasteiger partial charge in [-0.3, -0.25) is 20.2 Å². The minimum atomic E-state index is -0.145. The van der Waals surface area contributed by atoms with E-state index in [1.54, 1.807) is 24.5 Å². The van der Waals surface area contributed by atoms with Crippen LogP contribution in [0.3, 0.4) is 0 Å². The van der Waals surface area contributed by atoms with Gasteiger partial charge >= 0.3 is 0 Å². The van der Waals surface area contributed by atoms with Gasteiger partial charge in [0.25, 0.3) is 5.91 Å². The van der Waals surface area contributed by atoms with Crippen LogP contribution in [-0.4, -0.2) is 38.4 Å². The van der Waals surface area contributed by atoms with E-state index in [9.17, 15) is 4.79 Å². The second-order valence-electron chi connectivity index (χ2n) is 10.1. The lowest BCUT2D eigenvalue weighted by molar-refractivity contribution is 0.102. The number of aromatic nitrogens is 4. The van der Waals surface area contributed by atoms with Crippen molar-refractivity contribution in [1.82, 2.24) is 36.1 Å². The molecule has 0 bridgehead atoms. The van der Waals surface area contributed by atoms with E-state index in [2.05, 4.69) is 53.6 Å². The van der Waals surface area contributed by atoms with Crippen LogP contribution in [-0.2, 0) is 0 Å². The molecule has 39 heavy (non-hydrogen) atoms. The van der Waals surface area contributed by atoms with Crippen molar-refractivity contribution in [1.29, 1.82) is 0 Å². The number of anilines is 1. The molecule has 9 nitrogen and oxygen atoms in total. The Labute approximate surface area is 225 Å². The van der Waals surface area contributed by atoms with Crippen LogP contribution in [0.15, 0.2) is 91.6 Å². The average Bonchev–Trinajstić information content (AvgIpc) is 3.62. The maximum Gasteiger partial charge on any atom is 0.255 e. The number of nitrogens with one attached hydrogen (secondary N) is 5. The Balaban J connectivity index is 1.12. The summed E-state index contributed by atoms with van der Waals surface area (Å²) >= 11 is 0. The molecule has 2 fully saturated rings. The molecule has 0 saturated carbocycles. The van der Waals surface area contributed by atoms with Gasteiger partial charge in [-0.05, 0) is 53.9 Å². The van der Waals surface area contributed by atoms with E-state index in [4.69, 9.17) is 0 Å². The third-order valence-corrected chi connectivity index (χ3v) is 7.78. The Morgan fingerprint density at radius 2 is 1.85 bits per heavy atom. The molecule has 2 saturated heterocycles. The molecule has 0 aliphatic carbocycles. The molecular weight excluding hydrogens is 488 g/mol. The van der Waals surface area contributed by atoms with Gasteiger partial charge in [0.15, 0.2) is 0 Å². The van der Waals surface area contributed by atoms with Gasteiger partial charge in [0.05, 0.1) is 17.9 Å². The number of carbonyl (C=O) groups excluding carboxylic acids is 1. The highest BCUT2D eigenvalue weighted by atomic mass is 16.1. The minimum Gasteiger partial charge on any atom is -0.342 e. The topological polar surface area (TPSA) is 120 Å². The average molecular weight is 517 g/mol. The van der Waals surface area contributed by atoms with Crippen molar-refractivity contribution in [3.63, 3.8) is 0 Å². The van der Waals surface area contributed by atoms with Gasteiger partial charge in [-0.2, -0.15) is 0 Å². The molecule has 1 aromatic carbocycles. The van der Waals surface area contributed by atoms with Gasteiger partial charge in [-0.1, -0.05) is 24.3 Å². The van der Waals surface area contributed by atoms with E-state index in [0.717, 1.165) is 46.4 Å². The molecule has 0 spiro atoms. The fraction of sp³-hybridized carbons (Fsp3) is 0.200. The first-order valence-electron chi connectivity index (χ1n) is 13.2. The maximum absolute atomic E-state index is 12.7. The van der Waals surface area contributed by atoms with Crippen LogP contribution < -0.4 is 21.5 Å². The number of hydrogen-bond acceptors (Lipinski definition) is 7. The van der Waals surface area contributed by atoms with Gasteiger partial charge in [-0.15, -0.1) is 0 Å². The fourth-order valence-electron chi connectivity index (χ4n) is 5.83. The smallest absolute Gasteiger partial charge is 0.255 e. The number of hydrazine groups is 1. The normalized spacial score (nSPS) is 22.5. The first-order chi connectivity index (χ1) is 19.2. The second kappa shape index (κ2) is 10.0. The molecule has 2 aliphatic rings. The molecule has 194 valence electrons. The van der Waals surface area contributed by atoms with E-state index in [-0.39, 0.29) is 24.0 Å². The Morgan fingerprint density at radius 3 is 2.72 bits per heavy atom. The highest BCUT2D eigenvalue weighted by molar-refractivity contribution is 6.04. The van der Waals surface area contributed by atoms with Gasteiger partial charge < -0.3 is 15.6 Å². The van der Waals surface area contributed by atoms with Gasteiger partial charge in [0, 0.05) is 71.5 Å². The lowest BCUT2D eigenvalue weighted by atomic mass is 9.81. The number of rotatable bonds is 5. The number of nitrogens with zero attached hydrogens (tertiary/aromatic N) is 3. The van der Waals surface area contributed by atoms with Crippen LogP contribution in [0, 0.1) is 5.92 Å². The second-order valence-corrected chi connectivity index (χ2v) is 10.1. The summed E-state index contributed by atoms with van der Waals surface area (Å²) in [6, 6.07) is 20.0. The number of H-pyrrole nitrogens is 1. The molecule has 5 aromatic rings. The zero-order valence-electron chi connectivity index (χ0n) is 21.1. The van der Waals surface area contributed by atoms with Crippen molar-refractivity contribution < 1.29 is 4.79 Å². The van der Waals surface area contributed by atoms with E-state index in [1.165, 1.54) is 0 Å². The molecule has 4 atom stereocenters. The van der Waals surface area contributed by atoms with Crippen molar-refractivity contribution in [3.05, 3.63) is 108 Å². The number of fused-ring (bicyclic) bond motifs is 2. The number of hydrogen-bond donors (Lipinski definition) is 5. The van der Waals surface area contributed by atoms with Crippen LogP contribution in [0.5, 0.6) is 0 Å². The highest BCUT2D eigenvalue weighted by Crippen LogP contribution is 2.40. The molecule has 4 unspecified atom stereocenters. The van der Waals surface area contributed by atoms with Gasteiger partial charge in [0.2, 0.25) is 0 Å². The van der Waals surface area contributed by atoms with Crippen LogP contribution in [0.1, 0.15) is 40.1 Å². The predicted octanol–water partition coefficient (Wildman–Crippen LogP) is 4.14. The van der Waals surface area contributed by atoms with Crippen LogP contribution >= 0.6 is 0 Å². The van der Waals surface area contributed by atoms with Crippen molar-refractivity contribution in [2.24, 2.45) is 5.92 Å². The Bertz CT molecular complexity index is 1620. The molecule has 5 N–H and O–H groups in total. The highest BCUT2D eigenvalue weighted by Gasteiger charge is 2.42. The molecule has 6 heterocycles. The van der Waals surface area contributed by atoms with Crippen LogP contribution in [0.25, 0.3) is 22.2 Å². The number of piperidine rings is 1. The number of carbonyl (C=O) groups is 1. The maximum atomic E-state index is 12.7. The van der Waals surface area contributed by atoms with E-state index >= 15 is 0 Å². The molecule has 4 aromatic heterocycles. The number of benzene rings is 1. The summed E-state index contributed by atoms with van der Waals surface area (Å²) < 4.78 is 0. The SMILES string of the molecule is O=C(Nc1cncc(C2CC3C(CN2)NNC3c2cc3c(-c4cccnc4)ccnc3[nH]2)c1)c1ccccc1. The summed E-state index contributed by atoms with van der Waals surface area (Å²) in [4.78, 5) is 29.5. The molecule has 9 heteroatoms. The zero-order chi connectivity index (χ0) is 26.2. The van der Waals surface area contributed by atoms with Crippen LogP contribution in [0.4, 0.5) is 5.69 Å². The van der Waals surface area contributed by atoms with Crippen molar-refractivity contribution in [2.45, 2.75) is 24.5 Å². The quantitative estimate of drug-likeness (QED) is 0.238. The fourth-order valence-corrected chi connectivity index (χ4v) is 5.83. The van der Waals surface area contributed by atoms with Crippen molar-refractivity contribution in [2.75, 3.05) is 11.9 Å². The summed E-state index contributed by atoms with van der Waals surface area (Å²) in [6.07, 6.45) is 9.99. The standard InChI is InChI=1S/C30H28N8O/c39-30(18-5-2-1-3-6-18)35-21-11-20(15-32-16-21)25-13-24-27(17-34-25)37-38-28(24)26-12-23-22(8-10-33-29(23)36-26)19-7-4-9-31-14-19/h1-12,14-16,24-25,27-28,34,37-38H,13,17H2,(H,33,36)(H,35,39). The number of amides is 1. The van der Waals surface area contributed by atoms with E-state index < -0.39 is 0 Å². The minimum absolute atomic E-state index is 0.101. The summed E-state index contributed by atoms with van der Waals surface area (Å²) in [6.45, 7) is 0.818. The van der Waals surface area contributed by atoms with Gasteiger partial charge in [0.1, 0.15) is 5.65 Å². The summed E-state index contributed by atoms with van der Waals surface area (Å²) in [7, 11) is 0. The Morgan fingerprint density at radius 1 is 0.923 bits per heavy atom. The monoisotopic (exact) mass is 516 g/mol. The molecule has 0 radical (unpaired) electrons.